The molecule has 2 aromatic rings. The number of amides is 1. The van der Waals surface area contributed by atoms with Crippen molar-refractivity contribution >= 4 is 17.5 Å². The van der Waals surface area contributed by atoms with E-state index in [1.807, 2.05) is 54.6 Å². The molecule has 3 N–H and O–H groups in total. The van der Waals surface area contributed by atoms with Crippen LogP contribution in [0.5, 0.6) is 0 Å². The Balaban J connectivity index is 2.18. The van der Waals surface area contributed by atoms with Crippen LogP contribution in [0.3, 0.4) is 0 Å². The lowest BCUT2D eigenvalue weighted by molar-refractivity contribution is -0.117. The molecule has 2 aromatic carbocycles. The average molecular weight is 289 g/mol. The van der Waals surface area contributed by atoms with Gasteiger partial charge in [0.25, 0.3) is 0 Å². The van der Waals surface area contributed by atoms with Gasteiger partial charge in [0.2, 0.25) is 5.91 Å². The molecule has 0 heterocycles. The van der Waals surface area contributed by atoms with Crippen molar-refractivity contribution in [3.63, 3.8) is 0 Å². The van der Waals surface area contributed by atoms with Gasteiger partial charge in [0.05, 0.1) is 6.54 Å². The number of carbonyl (C=O) groups excluding carboxylic acids is 1. The maximum Gasteiger partial charge on any atom is 0.231 e. The Labute approximate surface area is 123 Å². The fourth-order valence-electron chi connectivity index (χ4n) is 2.10. The van der Waals surface area contributed by atoms with Gasteiger partial charge >= 0.3 is 0 Å². The van der Waals surface area contributed by atoms with Crippen LogP contribution in [-0.2, 0) is 11.2 Å². The van der Waals surface area contributed by atoms with Gasteiger partial charge in [-0.05, 0) is 23.6 Å². The molecule has 0 unspecified atom stereocenters. The van der Waals surface area contributed by atoms with Gasteiger partial charge in [-0.15, -0.1) is 0 Å². The first-order chi connectivity index (χ1) is 9.66. The van der Waals surface area contributed by atoms with Crippen LogP contribution < -0.4 is 11.1 Å². The molecule has 104 valence electrons. The van der Waals surface area contributed by atoms with Crippen molar-refractivity contribution in [2.75, 3.05) is 6.54 Å². The minimum Gasteiger partial charge on any atom is -0.369 e. The topological polar surface area (TPSA) is 55.1 Å². The van der Waals surface area contributed by atoms with E-state index in [0.29, 0.717) is 6.42 Å². The van der Waals surface area contributed by atoms with Crippen LogP contribution in [0.4, 0.5) is 0 Å². The molecule has 0 aliphatic heterocycles. The number of hydrogen-bond acceptors (Lipinski definition) is 2. The highest BCUT2D eigenvalue weighted by atomic mass is 35.5. The summed E-state index contributed by atoms with van der Waals surface area (Å²) in [5, 5.41) is 3.91. The van der Waals surface area contributed by atoms with Gasteiger partial charge in [-0.3, -0.25) is 4.79 Å². The summed E-state index contributed by atoms with van der Waals surface area (Å²) in [5.74, 6) is -0.370. The van der Waals surface area contributed by atoms with Gasteiger partial charge < -0.3 is 11.1 Å². The van der Waals surface area contributed by atoms with Crippen molar-refractivity contribution in [1.82, 2.24) is 5.32 Å². The standard InChI is InChI=1S/C16H17ClN2O/c17-14-9-5-4-8-13(14)10-15(19-11-16(18)20)12-6-2-1-3-7-12/h1-9,15,19H,10-11H2,(H2,18,20)/t15-/m0/s1. The Morgan fingerprint density at radius 3 is 2.40 bits per heavy atom. The predicted molar refractivity (Wildman–Crippen MR) is 81.5 cm³/mol. The molecule has 0 saturated carbocycles. The van der Waals surface area contributed by atoms with Gasteiger partial charge in [-0.2, -0.15) is 0 Å². The number of nitrogens with two attached hydrogens (primary N) is 1. The molecular formula is C16H17ClN2O. The summed E-state index contributed by atoms with van der Waals surface area (Å²) in [6, 6.07) is 17.7. The molecule has 0 fully saturated rings. The van der Waals surface area contributed by atoms with Gasteiger partial charge in [0.1, 0.15) is 0 Å². The average Bonchev–Trinajstić information content (AvgIpc) is 2.46. The van der Waals surface area contributed by atoms with Crippen molar-refractivity contribution in [3.8, 4) is 0 Å². The zero-order valence-electron chi connectivity index (χ0n) is 11.1. The van der Waals surface area contributed by atoms with E-state index in [-0.39, 0.29) is 18.5 Å². The lowest BCUT2D eigenvalue weighted by Crippen LogP contribution is -2.32. The molecule has 0 aliphatic carbocycles. The lowest BCUT2D eigenvalue weighted by Gasteiger charge is -2.19. The zero-order chi connectivity index (χ0) is 14.4. The van der Waals surface area contributed by atoms with Crippen LogP contribution in [0, 0.1) is 0 Å². The molecule has 0 saturated heterocycles. The number of primary amides is 1. The van der Waals surface area contributed by atoms with Crippen LogP contribution in [-0.4, -0.2) is 12.5 Å². The molecule has 4 heteroatoms. The first kappa shape index (κ1) is 14.6. The van der Waals surface area contributed by atoms with E-state index < -0.39 is 0 Å². The van der Waals surface area contributed by atoms with Gasteiger partial charge in [0, 0.05) is 11.1 Å². The van der Waals surface area contributed by atoms with E-state index >= 15 is 0 Å². The second-order valence-corrected chi connectivity index (χ2v) is 5.01. The van der Waals surface area contributed by atoms with Crippen LogP contribution in [0.15, 0.2) is 54.6 Å². The van der Waals surface area contributed by atoms with Crippen molar-refractivity contribution in [3.05, 3.63) is 70.7 Å². The van der Waals surface area contributed by atoms with E-state index in [4.69, 9.17) is 17.3 Å². The minimum atomic E-state index is -0.370. The quantitative estimate of drug-likeness (QED) is 0.859. The Kier molecular flexibility index (Phi) is 5.16. The third-order valence-electron chi connectivity index (χ3n) is 3.11. The predicted octanol–water partition coefficient (Wildman–Crippen LogP) is 2.70. The third kappa shape index (κ3) is 4.08. The van der Waals surface area contributed by atoms with Crippen molar-refractivity contribution in [1.29, 1.82) is 0 Å². The molecule has 1 atom stereocenters. The number of rotatable bonds is 6. The summed E-state index contributed by atoms with van der Waals surface area (Å²) in [5.41, 5.74) is 7.36. The summed E-state index contributed by atoms with van der Waals surface area (Å²) in [6.45, 7) is 0.143. The van der Waals surface area contributed by atoms with Crippen LogP contribution in [0.25, 0.3) is 0 Å². The lowest BCUT2D eigenvalue weighted by atomic mass is 9.99. The fraction of sp³-hybridized carbons (Fsp3) is 0.188. The number of nitrogens with one attached hydrogen (secondary N) is 1. The summed E-state index contributed by atoms with van der Waals surface area (Å²) < 4.78 is 0. The molecule has 3 nitrogen and oxygen atoms in total. The van der Waals surface area contributed by atoms with Gasteiger partial charge in [-0.1, -0.05) is 60.1 Å². The van der Waals surface area contributed by atoms with E-state index in [1.54, 1.807) is 0 Å². The van der Waals surface area contributed by atoms with Crippen LogP contribution in [0.1, 0.15) is 17.2 Å². The van der Waals surface area contributed by atoms with Crippen molar-refractivity contribution < 1.29 is 4.79 Å². The third-order valence-corrected chi connectivity index (χ3v) is 3.48. The van der Waals surface area contributed by atoms with Gasteiger partial charge in [-0.25, -0.2) is 0 Å². The SMILES string of the molecule is NC(=O)CN[C@@H](Cc1ccccc1Cl)c1ccccc1. The number of halogens is 1. The number of benzene rings is 2. The summed E-state index contributed by atoms with van der Waals surface area (Å²) in [6.07, 6.45) is 0.705. The van der Waals surface area contributed by atoms with Gasteiger partial charge in [0.15, 0.2) is 0 Å². The summed E-state index contributed by atoms with van der Waals surface area (Å²) in [4.78, 5) is 11.0. The number of carbonyl (C=O) groups is 1. The Morgan fingerprint density at radius 2 is 1.75 bits per heavy atom. The second-order valence-electron chi connectivity index (χ2n) is 4.61. The molecule has 0 aliphatic rings. The monoisotopic (exact) mass is 288 g/mol. The molecule has 0 spiro atoms. The minimum absolute atomic E-state index is 0.00333. The normalized spacial score (nSPS) is 12.1. The van der Waals surface area contributed by atoms with Crippen molar-refractivity contribution in [2.45, 2.75) is 12.5 Å². The Bertz CT molecular complexity index is 572. The highest BCUT2D eigenvalue weighted by molar-refractivity contribution is 6.31. The van der Waals surface area contributed by atoms with Crippen LogP contribution >= 0.6 is 11.6 Å². The highest BCUT2D eigenvalue weighted by Gasteiger charge is 2.14. The largest absolute Gasteiger partial charge is 0.369 e. The van der Waals surface area contributed by atoms with E-state index in [0.717, 1.165) is 16.1 Å². The molecule has 0 aromatic heterocycles. The molecule has 0 bridgehead atoms. The number of hydrogen-bond donors (Lipinski definition) is 2. The molecule has 20 heavy (non-hydrogen) atoms. The molecule has 0 radical (unpaired) electrons. The first-order valence-corrected chi connectivity index (χ1v) is 6.84. The maximum atomic E-state index is 11.0. The second kappa shape index (κ2) is 7.08. The van der Waals surface area contributed by atoms with E-state index in [1.165, 1.54) is 0 Å². The molecule has 1 amide bonds. The summed E-state index contributed by atoms with van der Waals surface area (Å²) >= 11 is 6.20. The molecule has 2 rings (SSSR count). The van der Waals surface area contributed by atoms with E-state index in [9.17, 15) is 4.79 Å². The Morgan fingerprint density at radius 1 is 1.10 bits per heavy atom. The zero-order valence-corrected chi connectivity index (χ0v) is 11.8. The maximum absolute atomic E-state index is 11.0. The van der Waals surface area contributed by atoms with Crippen molar-refractivity contribution in [2.24, 2.45) is 5.73 Å². The van der Waals surface area contributed by atoms with E-state index in [2.05, 4.69) is 5.32 Å². The Hall–Kier alpha value is -1.84. The fourth-order valence-corrected chi connectivity index (χ4v) is 2.31. The smallest absolute Gasteiger partial charge is 0.231 e. The highest BCUT2D eigenvalue weighted by Crippen LogP contribution is 2.23. The molecular weight excluding hydrogens is 272 g/mol. The van der Waals surface area contributed by atoms with Crippen LogP contribution in [0.2, 0.25) is 5.02 Å². The first-order valence-electron chi connectivity index (χ1n) is 6.47. The summed E-state index contributed by atoms with van der Waals surface area (Å²) in [7, 11) is 0.